The standard InChI is InChI=1S/C14H21N5O2S/c1-17(10-12(21)18-7-3-2-4-8-18)13-15-16-14(22-13)19-9-5-6-11(19)20/h2-10H2,1H3. The van der Waals surface area contributed by atoms with Crippen molar-refractivity contribution in [2.75, 3.05) is 43.0 Å². The second-order valence-electron chi connectivity index (χ2n) is 5.81. The molecule has 3 heterocycles. The van der Waals surface area contributed by atoms with Crippen molar-refractivity contribution in [3.8, 4) is 0 Å². The van der Waals surface area contributed by atoms with Gasteiger partial charge in [0.1, 0.15) is 0 Å². The first kappa shape index (κ1) is 15.2. The number of carbonyl (C=O) groups is 2. The lowest BCUT2D eigenvalue weighted by Gasteiger charge is -2.28. The van der Waals surface area contributed by atoms with E-state index in [9.17, 15) is 9.59 Å². The molecule has 8 heteroatoms. The van der Waals surface area contributed by atoms with E-state index < -0.39 is 0 Å². The molecule has 0 bridgehead atoms. The first-order chi connectivity index (χ1) is 10.6. The molecular formula is C14H21N5O2S. The van der Waals surface area contributed by atoms with Gasteiger partial charge in [0.15, 0.2) is 0 Å². The molecule has 1 aromatic rings. The van der Waals surface area contributed by atoms with Crippen LogP contribution in [-0.2, 0) is 9.59 Å². The highest BCUT2D eigenvalue weighted by Crippen LogP contribution is 2.29. The lowest BCUT2D eigenvalue weighted by Crippen LogP contribution is -2.41. The van der Waals surface area contributed by atoms with Crippen LogP contribution < -0.4 is 9.80 Å². The number of hydrogen-bond acceptors (Lipinski definition) is 6. The molecule has 0 saturated carbocycles. The molecular weight excluding hydrogens is 302 g/mol. The highest BCUT2D eigenvalue weighted by Gasteiger charge is 2.26. The fraction of sp³-hybridized carbons (Fsp3) is 0.714. The molecule has 2 fully saturated rings. The number of piperidine rings is 1. The van der Waals surface area contributed by atoms with Gasteiger partial charge in [0.05, 0.1) is 6.54 Å². The van der Waals surface area contributed by atoms with Crippen LogP contribution in [-0.4, -0.2) is 60.1 Å². The summed E-state index contributed by atoms with van der Waals surface area (Å²) in [6.07, 6.45) is 4.85. The monoisotopic (exact) mass is 323 g/mol. The molecule has 1 aromatic heterocycles. The first-order valence-electron chi connectivity index (χ1n) is 7.78. The summed E-state index contributed by atoms with van der Waals surface area (Å²) in [5.74, 6) is 0.242. The Labute approximate surface area is 133 Å². The largest absolute Gasteiger partial charge is 0.341 e. The Morgan fingerprint density at radius 2 is 1.95 bits per heavy atom. The Kier molecular flexibility index (Phi) is 4.56. The molecule has 22 heavy (non-hydrogen) atoms. The Morgan fingerprint density at radius 1 is 1.18 bits per heavy atom. The van der Waals surface area contributed by atoms with Gasteiger partial charge in [-0.1, -0.05) is 11.3 Å². The summed E-state index contributed by atoms with van der Waals surface area (Å²) >= 11 is 1.37. The summed E-state index contributed by atoms with van der Waals surface area (Å²) < 4.78 is 0. The molecule has 2 amide bonds. The second kappa shape index (κ2) is 6.60. The molecule has 0 atom stereocenters. The maximum Gasteiger partial charge on any atom is 0.242 e. The minimum absolute atomic E-state index is 0.106. The van der Waals surface area contributed by atoms with E-state index in [0.29, 0.717) is 29.8 Å². The highest BCUT2D eigenvalue weighted by molar-refractivity contribution is 7.19. The van der Waals surface area contributed by atoms with E-state index in [1.807, 2.05) is 16.8 Å². The maximum absolute atomic E-state index is 12.3. The van der Waals surface area contributed by atoms with Gasteiger partial charge in [-0.05, 0) is 25.7 Å². The number of carbonyl (C=O) groups excluding carboxylic acids is 2. The van der Waals surface area contributed by atoms with Crippen molar-refractivity contribution in [2.24, 2.45) is 0 Å². The summed E-state index contributed by atoms with van der Waals surface area (Å²) in [4.78, 5) is 29.4. The van der Waals surface area contributed by atoms with Crippen LogP contribution in [0.1, 0.15) is 32.1 Å². The van der Waals surface area contributed by atoms with Gasteiger partial charge in [0, 0.05) is 33.1 Å². The van der Waals surface area contributed by atoms with Gasteiger partial charge in [0.2, 0.25) is 22.1 Å². The van der Waals surface area contributed by atoms with E-state index >= 15 is 0 Å². The van der Waals surface area contributed by atoms with Crippen LogP contribution in [0.15, 0.2) is 0 Å². The fourth-order valence-electron chi connectivity index (χ4n) is 2.84. The van der Waals surface area contributed by atoms with Crippen molar-refractivity contribution in [1.29, 1.82) is 0 Å². The van der Waals surface area contributed by atoms with Crippen molar-refractivity contribution >= 4 is 33.4 Å². The van der Waals surface area contributed by atoms with Gasteiger partial charge in [-0.25, -0.2) is 0 Å². The molecule has 120 valence electrons. The molecule has 2 aliphatic heterocycles. The van der Waals surface area contributed by atoms with E-state index in [1.165, 1.54) is 17.8 Å². The molecule has 0 aromatic carbocycles. The Morgan fingerprint density at radius 3 is 2.64 bits per heavy atom. The predicted octanol–water partition coefficient (Wildman–Crippen LogP) is 1.11. The number of aromatic nitrogens is 2. The van der Waals surface area contributed by atoms with Crippen molar-refractivity contribution in [1.82, 2.24) is 15.1 Å². The number of nitrogens with zero attached hydrogens (tertiary/aromatic N) is 5. The van der Waals surface area contributed by atoms with Crippen molar-refractivity contribution in [3.63, 3.8) is 0 Å². The van der Waals surface area contributed by atoms with E-state index in [1.54, 1.807) is 4.90 Å². The second-order valence-corrected chi connectivity index (χ2v) is 6.75. The summed E-state index contributed by atoms with van der Waals surface area (Å²) in [5, 5.41) is 9.53. The Bertz CT molecular complexity index is 555. The van der Waals surface area contributed by atoms with E-state index in [-0.39, 0.29) is 11.8 Å². The van der Waals surface area contributed by atoms with Crippen LogP contribution in [0.2, 0.25) is 0 Å². The Hall–Kier alpha value is -1.70. The summed E-state index contributed by atoms with van der Waals surface area (Å²) in [6, 6.07) is 0. The third-order valence-electron chi connectivity index (χ3n) is 4.12. The average Bonchev–Trinajstić information content (AvgIpc) is 3.16. The van der Waals surface area contributed by atoms with E-state index in [4.69, 9.17) is 0 Å². The number of likely N-dealkylation sites (tertiary alicyclic amines) is 1. The normalized spacial score (nSPS) is 18.9. The minimum Gasteiger partial charge on any atom is -0.341 e. The van der Waals surface area contributed by atoms with Crippen molar-refractivity contribution in [2.45, 2.75) is 32.1 Å². The molecule has 0 radical (unpaired) electrons. The summed E-state index contributed by atoms with van der Waals surface area (Å²) in [7, 11) is 1.85. The van der Waals surface area contributed by atoms with E-state index in [0.717, 1.165) is 32.4 Å². The zero-order chi connectivity index (χ0) is 15.5. The quantitative estimate of drug-likeness (QED) is 0.830. The maximum atomic E-state index is 12.3. The van der Waals surface area contributed by atoms with Crippen molar-refractivity contribution < 1.29 is 9.59 Å². The molecule has 0 unspecified atom stereocenters. The lowest BCUT2D eigenvalue weighted by atomic mass is 10.1. The van der Waals surface area contributed by atoms with Crippen molar-refractivity contribution in [3.05, 3.63) is 0 Å². The molecule has 2 saturated heterocycles. The number of rotatable bonds is 4. The van der Waals surface area contributed by atoms with Crippen LogP contribution in [0.5, 0.6) is 0 Å². The van der Waals surface area contributed by atoms with Gasteiger partial charge in [-0.2, -0.15) is 0 Å². The smallest absolute Gasteiger partial charge is 0.242 e. The topological polar surface area (TPSA) is 69.6 Å². The number of amides is 2. The lowest BCUT2D eigenvalue weighted by molar-refractivity contribution is -0.130. The SMILES string of the molecule is CN(CC(=O)N1CCCCC1)c1nnc(N2CCCC2=O)s1. The van der Waals surface area contributed by atoms with Gasteiger partial charge >= 0.3 is 0 Å². The van der Waals surface area contributed by atoms with Gasteiger partial charge in [-0.15, -0.1) is 10.2 Å². The number of anilines is 2. The first-order valence-corrected chi connectivity index (χ1v) is 8.59. The van der Waals surface area contributed by atoms with Crippen LogP contribution >= 0.6 is 11.3 Å². The molecule has 3 rings (SSSR count). The van der Waals surface area contributed by atoms with Crippen LogP contribution in [0, 0.1) is 0 Å². The molecule has 2 aliphatic rings. The molecule has 7 nitrogen and oxygen atoms in total. The minimum atomic E-state index is 0.106. The fourth-order valence-corrected chi connectivity index (χ4v) is 3.69. The van der Waals surface area contributed by atoms with Crippen LogP contribution in [0.4, 0.5) is 10.3 Å². The molecule has 0 N–H and O–H groups in total. The number of likely N-dealkylation sites (N-methyl/N-ethyl adjacent to an activating group) is 1. The molecule has 0 aliphatic carbocycles. The summed E-state index contributed by atoms with van der Waals surface area (Å²) in [5.41, 5.74) is 0. The van der Waals surface area contributed by atoms with E-state index in [2.05, 4.69) is 10.2 Å². The predicted molar refractivity (Wildman–Crippen MR) is 85.2 cm³/mol. The van der Waals surface area contributed by atoms with Gasteiger partial charge in [0.25, 0.3) is 0 Å². The summed E-state index contributed by atoms with van der Waals surface area (Å²) in [6.45, 7) is 2.74. The van der Waals surface area contributed by atoms with Gasteiger partial charge in [-0.3, -0.25) is 14.5 Å². The third-order valence-corrected chi connectivity index (χ3v) is 5.18. The van der Waals surface area contributed by atoms with Crippen LogP contribution in [0.25, 0.3) is 0 Å². The molecule has 0 spiro atoms. The Balaban J connectivity index is 1.60. The highest BCUT2D eigenvalue weighted by atomic mass is 32.1. The average molecular weight is 323 g/mol. The number of hydrogen-bond donors (Lipinski definition) is 0. The zero-order valence-corrected chi connectivity index (χ0v) is 13.6. The zero-order valence-electron chi connectivity index (χ0n) is 12.8. The van der Waals surface area contributed by atoms with Crippen LogP contribution in [0.3, 0.4) is 0 Å². The van der Waals surface area contributed by atoms with Gasteiger partial charge < -0.3 is 9.80 Å². The third kappa shape index (κ3) is 3.21.